The number of fused-ring (bicyclic) bond motifs is 1. The van der Waals surface area contributed by atoms with Gasteiger partial charge >= 0.3 is 0 Å². The van der Waals surface area contributed by atoms with E-state index < -0.39 is 0 Å². The normalized spacial score (nSPS) is 23.0. The summed E-state index contributed by atoms with van der Waals surface area (Å²) in [6, 6.07) is 10.3. The highest BCUT2D eigenvalue weighted by atomic mass is 16.5. The van der Waals surface area contributed by atoms with Crippen LogP contribution in [0.2, 0.25) is 0 Å². The minimum Gasteiger partial charge on any atom is -0.376 e. The molecule has 0 spiro atoms. The number of para-hydroxylation sites is 1. The Bertz CT molecular complexity index is 796. The van der Waals surface area contributed by atoms with Gasteiger partial charge in [0.2, 0.25) is 0 Å². The predicted molar refractivity (Wildman–Crippen MR) is 102 cm³/mol. The minimum atomic E-state index is -0.351. The Hall–Kier alpha value is -2.58. The van der Waals surface area contributed by atoms with Gasteiger partial charge in [0.15, 0.2) is 0 Å². The van der Waals surface area contributed by atoms with Crippen LogP contribution in [0.3, 0.4) is 0 Å². The van der Waals surface area contributed by atoms with Crippen molar-refractivity contribution in [2.45, 2.75) is 38.2 Å². The number of amides is 1. The summed E-state index contributed by atoms with van der Waals surface area (Å²) in [5.74, 6) is -0.351. The maximum absolute atomic E-state index is 12.3. The molecule has 0 unspecified atom stereocenters. The van der Waals surface area contributed by atoms with Crippen LogP contribution in [0.15, 0.2) is 47.7 Å². The molecule has 0 aromatic heterocycles. The molecular weight excluding hydrogens is 326 g/mol. The first-order chi connectivity index (χ1) is 12.4. The van der Waals surface area contributed by atoms with Gasteiger partial charge in [0, 0.05) is 37.0 Å². The van der Waals surface area contributed by atoms with Crippen LogP contribution in [0, 0.1) is 11.3 Å². The highest BCUT2D eigenvalue weighted by Gasteiger charge is 2.37. The van der Waals surface area contributed by atoms with Gasteiger partial charge in [-0.15, -0.1) is 0 Å². The molecule has 0 aliphatic carbocycles. The SMILES string of the molecule is CN1/C(=C\C=C(/C#N)C(=O)NC[C@@H]2CCCO2)C(C)(C)c2ccccc21. The number of benzene rings is 1. The molecule has 1 atom stereocenters. The van der Waals surface area contributed by atoms with Crippen molar-refractivity contribution in [3.63, 3.8) is 0 Å². The van der Waals surface area contributed by atoms with Crippen LogP contribution in [-0.2, 0) is 14.9 Å². The van der Waals surface area contributed by atoms with Gasteiger partial charge in [0.1, 0.15) is 11.6 Å². The van der Waals surface area contributed by atoms with Crippen molar-refractivity contribution in [2.75, 3.05) is 25.1 Å². The van der Waals surface area contributed by atoms with Gasteiger partial charge in [-0.25, -0.2) is 0 Å². The number of rotatable bonds is 4. The van der Waals surface area contributed by atoms with E-state index in [0.717, 1.165) is 30.8 Å². The van der Waals surface area contributed by atoms with Gasteiger partial charge in [-0.1, -0.05) is 32.0 Å². The van der Waals surface area contributed by atoms with Gasteiger partial charge in [-0.2, -0.15) is 5.26 Å². The van der Waals surface area contributed by atoms with E-state index in [1.54, 1.807) is 6.08 Å². The lowest BCUT2D eigenvalue weighted by Crippen LogP contribution is -2.32. The fourth-order valence-corrected chi connectivity index (χ4v) is 3.73. The average molecular weight is 351 g/mol. The van der Waals surface area contributed by atoms with E-state index in [1.165, 1.54) is 5.56 Å². The van der Waals surface area contributed by atoms with Crippen LogP contribution < -0.4 is 10.2 Å². The first-order valence-corrected chi connectivity index (χ1v) is 9.00. The van der Waals surface area contributed by atoms with E-state index in [4.69, 9.17) is 4.74 Å². The lowest BCUT2D eigenvalue weighted by atomic mass is 9.83. The number of carbonyl (C=O) groups excluding carboxylic acids is 1. The fraction of sp³-hybridized carbons (Fsp3) is 0.429. The Kier molecular flexibility index (Phi) is 5.15. The van der Waals surface area contributed by atoms with E-state index in [0.29, 0.717) is 6.54 Å². The van der Waals surface area contributed by atoms with Crippen LogP contribution in [0.4, 0.5) is 5.69 Å². The zero-order chi connectivity index (χ0) is 18.7. The molecule has 136 valence electrons. The minimum absolute atomic E-state index is 0.0617. The average Bonchev–Trinajstić information content (AvgIpc) is 3.22. The molecule has 1 N–H and O–H groups in total. The van der Waals surface area contributed by atoms with Gasteiger partial charge < -0.3 is 15.0 Å². The molecule has 0 saturated carbocycles. The Morgan fingerprint density at radius 3 is 2.88 bits per heavy atom. The molecule has 0 bridgehead atoms. The molecule has 1 aromatic rings. The van der Waals surface area contributed by atoms with Crippen molar-refractivity contribution in [3.05, 3.63) is 53.3 Å². The monoisotopic (exact) mass is 351 g/mol. The summed E-state index contributed by atoms with van der Waals surface area (Å²) < 4.78 is 5.50. The summed E-state index contributed by atoms with van der Waals surface area (Å²) in [7, 11) is 2.01. The van der Waals surface area contributed by atoms with Crippen molar-refractivity contribution >= 4 is 11.6 Å². The highest BCUT2D eigenvalue weighted by Crippen LogP contribution is 2.46. The number of anilines is 1. The molecule has 2 aliphatic rings. The summed E-state index contributed by atoms with van der Waals surface area (Å²) in [4.78, 5) is 14.4. The molecule has 0 radical (unpaired) electrons. The second kappa shape index (κ2) is 7.35. The molecule has 5 nitrogen and oxygen atoms in total. The topological polar surface area (TPSA) is 65.4 Å². The third-order valence-electron chi connectivity index (χ3n) is 5.23. The van der Waals surface area contributed by atoms with Crippen LogP contribution in [-0.4, -0.2) is 32.2 Å². The quantitative estimate of drug-likeness (QED) is 0.669. The Labute approximate surface area is 154 Å². The first-order valence-electron chi connectivity index (χ1n) is 9.00. The van der Waals surface area contributed by atoms with E-state index in [9.17, 15) is 10.1 Å². The number of ether oxygens (including phenoxy) is 1. The van der Waals surface area contributed by atoms with E-state index >= 15 is 0 Å². The third kappa shape index (κ3) is 3.38. The number of nitriles is 1. The number of hydrogen-bond acceptors (Lipinski definition) is 4. The molecular formula is C21H25N3O2. The molecule has 3 rings (SSSR count). The summed E-state index contributed by atoms with van der Waals surface area (Å²) >= 11 is 0. The van der Waals surface area contributed by atoms with Gasteiger partial charge in [0.05, 0.1) is 6.10 Å². The number of likely N-dealkylation sites (N-methyl/N-ethyl adjacent to an activating group) is 1. The van der Waals surface area contributed by atoms with Crippen molar-refractivity contribution < 1.29 is 9.53 Å². The Morgan fingerprint density at radius 2 is 2.23 bits per heavy atom. The maximum atomic E-state index is 12.3. The molecule has 5 heteroatoms. The van der Waals surface area contributed by atoms with Crippen molar-refractivity contribution in [3.8, 4) is 6.07 Å². The molecule has 2 heterocycles. The fourth-order valence-electron chi connectivity index (χ4n) is 3.73. The summed E-state index contributed by atoms with van der Waals surface area (Å²) in [5, 5.41) is 12.2. The Morgan fingerprint density at radius 1 is 1.46 bits per heavy atom. The number of nitrogens with zero attached hydrogens (tertiary/aromatic N) is 2. The maximum Gasteiger partial charge on any atom is 0.262 e. The Balaban J connectivity index is 1.77. The van der Waals surface area contributed by atoms with E-state index in [2.05, 4.69) is 36.2 Å². The van der Waals surface area contributed by atoms with Gasteiger partial charge in [-0.3, -0.25) is 4.79 Å². The van der Waals surface area contributed by atoms with Crippen molar-refractivity contribution in [2.24, 2.45) is 0 Å². The largest absolute Gasteiger partial charge is 0.376 e. The second-order valence-electron chi connectivity index (χ2n) is 7.29. The van der Waals surface area contributed by atoms with E-state index in [1.807, 2.05) is 31.3 Å². The zero-order valence-electron chi connectivity index (χ0n) is 15.6. The van der Waals surface area contributed by atoms with Crippen molar-refractivity contribution in [1.29, 1.82) is 5.26 Å². The second-order valence-corrected chi connectivity index (χ2v) is 7.29. The summed E-state index contributed by atoms with van der Waals surface area (Å²) in [6.07, 6.45) is 5.53. The molecule has 1 aromatic carbocycles. The highest BCUT2D eigenvalue weighted by molar-refractivity contribution is 5.97. The lowest BCUT2D eigenvalue weighted by Gasteiger charge is -2.23. The first kappa shape index (κ1) is 18.2. The van der Waals surface area contributed by atoms with Crippen molar-refractivity contribution in [1.82, 2.24) is 5.32 Å². The summed E-state index contributed by atoms with van der Waals surface area (Å²) in [5.41, 5.74) is 3.37. The summed E-state index contributed by atoms with van der Waals surface area (Å²) in [6.45, 7) is 5.50. The van der Waals surface area contributed by atoms with Gasteiger partial charge in [-0.05, 0) is 36.6 Å². The van der Waals surface area contributed by atoms with Crippen LogP contribution in [0.1, 0.15) is 32.3 Å². The smallest absolute Gasteiger partial charge is 0.262 e. The van der Waals surface area contributed by atoms with Gasteiger partial charge in [0.25, 0.3) is 5.91 Å². The van der Waals surface area contributed by atoms with Crippen LogP contribution >= 0.6 is 0 Å². The van der Waals surface area contributed by atoms with Crippen LogP contribution in [0.5, 0.6) is 0 Å². The molecule has 1 amide bonds. The molecule has 26 heavy (non-hydrogen) atoms. The van der Waals surface area contributed by atoms with Crippen LogP contribution in [0.25, 0.3) is 0 Å². The zero-order valence-corrected chi connectivity index (χ0v) is 15.6. The standard InChI is InChI=1S/C21H25N3O2/c1-21(2)17-8-4-5-9-18(17)24(3)19(21)11-10-15(13-22)20(25)23-14-16-7-6-12-26-16/h4-5,8-11,16H,6-7,12,14H2,1-3H3,(H,23,25)/b15-10+,19-11-/t16-/m0/s1. The third-order valence-corrected chi connectivity index (χ3v) is 5.23. The predicted octanol–water partition coefficient (Wildman–Crippen LogP) is 3.04. The number of allylic oxidation sites excluding steroid dienone is 3. The lowest BCUT2D eigenvalue weighted by molar-refractivity contribution is -0.117. The molecule has 1 fully saturated rings. The van der Waals surface area contributed by atoms with E-state index in [-0.39, 0.29) is 23.0 Å². The molecule has 1 saturated heterocycles. The molecule has 2 aliphatic heterocycles. The number of carbonyl (C=O) groups is 1. The number of nitrogens with one attached hydrogen (secondary N) is 1. The number of hydrogen-bond donors (Lipinski definition) is 1.